The highest BCUT2D eigenvalue weighted by Gasteiger charge is 2.33. The maximum atomic E-state index is 13.8. The molecule has 1 fully saturated rings. The number of aryl methyl sites for hydroxylation is 1. The minimum Gasteiger partial charge on any atom is -0.362 e. The number of hydrogen-bond donors (Lipinski definition) is 0. The lowest BCUT2D eigenvalue weighted by atomic mass is 10.1. The van der Waals surface area contributed by atoms with Gasteiger partial charge >= 0.3 is 0 Å². The molecule has 2 aromatic carbocycles. The topological polar surface area (TPSA) is 47.3 Å². The number of likely N-dealkylation sites (N-methyl/N-ethyl adjacent to an activating group) is 1. The van der Waals surface area contributed by atoms with Crippen LogP contribution in [-0.4, -0.2) is 29.9 Å². The average molecular weight is 386 g/mol. The van der Waals surface area contributed by atoms with E-state index >= 15 is 0 Å². The van der Waals surface area contributed by atoms with Crippen LogP contribution < -0.4 is 4.90 Å². The molecule has 3 rings (SSSR count). The van der Waals surface area contributed by atoms with Gasteiger partial charge in [0.25, 0.3) is 0 Å². The molecule has 1 atom stereocenters. The number of nitrogens with zero attached hydrogens (tertiary/aromatic N) is 3. The Hall–Kier alpha value is -2.58. The molecule has 6 heteroatoms. The first-order valence-electron chi connectivity index (χ1n) is 8.92. The zero-order valence-electron chi connectivity index (χ0n) is 15.4. The van der Waals surface area contributed by atoms with Crippen LogP contribution in [0, 0.1) is 24.1 Å². The van der Waals surface area contributed by atoms with Crippen LogP contribution in [0.3, 0.4) is 0 Å². The summed E-state index contributed by atoms with van der Waals surface area (Å²) < 4.78 is 13.8. The summed E-state index contributed by atoms with van der Waals surface area (Å²) in [5.41, 5.74) is 3.06. The number of hydrogen-bond acceptors (Lipinski definition) is 3. The van der Waals surface area contributed by atoms with Crippen LogP contribution in [0.25, 0.3) is 0 Å². The molecule has 0 bridgehead atoms. The SMILES string of the molecule is CCN1C[C@@H](N(Cc2cc(F)ccc2C)c2ccc(C#N)c(Cl)c2)CC1=O. The third-order valence-corrected chi connectivity index (χ3v) is 5.39. The Balaban J connectivity index is 1.99. The number of anilines is 1. The summed E-state index contributed by atoms with van der Waals surface area (Å²) in [5.74, 6) is -0.172. The lowest BCUT2D eigenvalue weighted by Crippen LogP contribution is -2.37. The smallest absolute Gasteiger partial charge is 0.224 e. The van der Waals surface area contributed by atoms with Gasteiger partial charge in [0.15, 0.2) is 0 Å². The minimum absolute atomic E-state index is 0.0379. The Morgan fingerprint density at radius 2 is 2.11 bits per heavy atom. The fraction of sp³-hybridized carbons (Fsp3) is 0.333. The predicted molar refractivity (Wildman–Crippen MR) is 104 cm³/mol. The Bertz CT molecular complexity index is 909. The number of carbonyl (C=O) groups is 1. The van der Waals surface area contributed by atoms with Crippen molar-refractivity contribution >= 4 is 23.2 Å². The fourth-order valence-electron chi connectivity index (χ4n) is 3.46. The van der Waals surface area contributed by atoms with Crippen molar-refractivity contribution in [3.63, 3.8) is 0 Å². The van der Waals surface area contributed by atoms with Crippen molar-refractivity contribution in [1.29, 1.82) is 5.26 Å². The van der Waals surface area contributed by atoms with E-state index in [1.54, 1.807) is 18.2 Å². The highest BCUT2D eigenvalue weighted by Crippen LogP contribution is 2.30. The molecule has 0 aliphatic carbocycles. The van der Waals surface area contributed by atoms with Crippen molar-refractivity contribution in [3.05, 3.63) is 63.9 Å². The lowest BCUT2D eigenvalue weighted by Gasteiger charge is -2.32. The van der Waals surface area contributed by atoms with E-state index in [1.165, 1.54) is 12.1 Å². The molecule has 1 saturated heterocycles. The van der Waals surface area contributed by atoms with Gasteiger partial charge in [-0.2, -0.15) is 5.26 Å². The molecule has 0 N–H and O–H groups in total. The van der Waals surface area contributed by atoms with Crippen molar-refractivity contribution < 1.29 is 9.18 Å². The van der Waals surface area contributed by atoms with Crippen molar-refractivity contribution in [1.82, 2.24) is 4.90 Å². The van der Waals surface area contributed by atoms with Crippen LogP contribution in [0.5, 0.6) is 0 Å². The molecule has 1 amide bonds. The Kier molecular flexibility index (Phi) is 5.67. The summed E-state index contributed by atoms with van der Waals surface area (Å²) in [6.07, 6.45) is 0.403. The standard InChI is InChI=1S/C21H21ClFN3O/c1-3-25-13-19(10-21(25)27)26(12-16-8-17(23)6-4-14(16)2)18-7-5-15(11-24)20(22)9-18/h4-9,19H,3,10,12-13H2,1-2H3/t19-/m0/s1. The van der Waals surface area contributed by atoms with Crippen LogP contribution in [0.15, 0.2) is 36.4 Å². The molecule has 1 heterocycles. The van der Waals surface area contributed by atoms with Gasteiger partial charge in [-0.05, 0) is 55.3 Å². The van der Waals surface area contributed by atoms with Crippen molar-refractivity contribution in [2.24, 2.45) is 0 Å². The van der Waals surface area contributed by atoms with Gasteiger partial charge in [-0.1, -0.05) is 17.7 Å². The highest BCUT2D eigenvalue weighted by molar-refractivity contribution is 6.32. The molecule has 0 saturated carbocycles. The first kappa shape index (κ1) is 19.2. The summed E-state index contributed by atoms with van der Waals surface area (Å²) in [6.45, 7) is 5.63. The Morgan fingerprint density at radius 3 is 2.74 bits per heavy atom. The van der Waals surface area contributed by atoms with E-state index < -0.39 is 0 Å². The number of amides is 1. The van der Waals surface area contributed by atoms with Crippen LogP contribution in [0.1, 0.15) is 30.0 Å². The lowest BCUT2D eigenvalue weighted by molar-refractivity contribution is -0.127. The number of halogens is 2. The van der Waals surface area contributed by atoms with Crippen molar-refractivity contribution in [2.75, 3.05) is 18.0 Å². The number of nitriles is 1. The average Bonchev–Trinajstić information content (AvgIpc) is 3.02. The molecule has 4 nitrogen and oxygen atoms in total. The van der Waals surface area contributed by atoms with Gasteiger partial charge in [0.2, 0.25) is 5.91 Å². The quantitative estimate of drug-likeness (QED) is 0.771. The normalized spacial score (nSPS) is 16.5. The van der Waals surface area contributed by atoms with E-state index in [0.29, 0.717) is 36.6 Å². The number of likely N-dealkylation sites (tertiary alicyclic amines) is 1. The second-order valence-electron chi connectivity index (χ2n) is 6.76. The minimum atomic E-state index is -0.286. The molecule has 0 radical (unpaired) electrons. The number of benzene rings is 2. The first-order valence-corrected chi connectivity index (χ1v) is 9.29. The van der Waals surface area contributed by atoms with Gasteiger partial charge in [-0.15, -0.1) is 0 Å². The zero-order valence-corrected chi connectivity index (χ0v) is 16.1. The molecule has 0 aromatic heterocycles. The van der Waals surface area contributed by atoms with Crippen LogP contribution in [0.4, 0.5) is 10.1 Å². The van der Waals surface area contributed by atoms with E-state index in [4.69, 9.17) is 16.9 Å². The monoisotopic (exact) mass is 385 g/mol. The largest absolute Gasteiger partial charge is 0.362 e. The van der Waals surface area contributed by atoms with Gasteiger partial charge in [0.1, 0.15) is 11.9 Å². The number of rotatable bonds is 5. The molecule has 2 aromatic rings. The Labute approximate surface area is 163 Å². The second-order valence-corrected chi connectivity index (χ2v) is 7.17. The predicted octanol–water partition coefficient (Wildman–Crippen LogP) is 4.29. The summed E-state index contributed by atoms with van der Waals surface area (Å²) in [6, 6.07) is 12.0. The van der Waals surface area contributed by atoms with E-state index in [9.17, 15) is 9.18 Å². The summed E-state index contributed by atoms with van der Waals surface area (Å²) in [5, 5.41) is 9.49. The van der Waals surface area contributed by atoms with Crippen molar-refractivity contribution in [3.8, 4) is 6.07 Å². The second kappa shape index (κ2) is 7.98. The maximum absolute atomic E-state index is 13.8. The third kappa shape index (κ3) is 4.06. The van der Waals surface area contributed by atoms with Gasteiger partial charge in [0, 0.05) is 31.7 Å². The van der Waals surface area contributed by atoms with Crippen LogP contribution in [0.2, 0.25) is 5.02 Å². The molecule has 0 unspecified atom stereocenters. The van der Waals surface area contributed by atoms with Crippen LogP contribution >= 0.6 is 11.6 Å². The number of carbonyl (C=O) groups excluding carboxylic acids is 1. The summed E-state index contributed by atoms with van der Waals surface area (Å²) in [7, 11) is 0. The molecular formula is C21H21ClFN3O. The van der Waals surface area contributed by atoms with Gasteiger partial charge in [0.05, 0.1) is 16.6 Å². The third-order valence-electron chi connectivity index (χ3n) is 5.07. The molecule has 1 aliphatic rings. The zero-order chi connectivity index (χ0) is 19.6. The van der Waals surface area contributed by atoms with E-state index in [-0.39, 0.29) is 17.8 Å². The van der Waals surface area contributed by atoms with E-state index in [2.05, 4.69) is 11.0 Å². The molecule has 1 aliphatic heterocycles. The summed E-state index contributed by atoms with van der Waals surface area (Å²) >= 11 is 6.24. The summed E-state index contributed by atoms with van der Waals surface area (Å²) in [4.78, 5) is 16.2. The van der Waals surface area contributed by atoms with Gasteiger partial charge < -0.3 is 9.80 Å². The maximum Gasteiger partial charge on any atom is 0.224 e. The van der Waals surface area contributed by atoms with Gasteiger partial charge in [-0.3, -0.25) is 4.79 Å². The first-order chi connectivity index (χ1) is 12.9. The fourth-order valence-corrected chi connectivity index (χ4v) is 3.68. The molecule has 27 heavy (non-hydrogen) atoms. The Morgan fingerprint density at radius 1 is 1.33 bits per heavy atom. The molecule has 140 valence electrons. The molecule has 0 spiro atoms. The highest BCUT2D eigenvalue weighted by atomic mass is 35.5. The molecular weight excluding hydrogens is 365 g/mol. The van der Waals surface area contributed by atoms with Crippen molar-refractivity contribution in [2.45, 2.75) is 32.9 Å². The van der Waals surface area contributed by atoms with E-state index in [1.807, 2.05) is 24.8 Å². The van der Waals surface area contributed by atoms with E-state index in [0.717, 1.165) is 16.8 Å². The van der Waals surface area contributed by atoms with Crippen LogP contribution in [-0.2, 0) is 11.3 Å². The van der Waals surface area contributed by atoms with Gasteiger partial charge in [-0.25, -0.2) is 4.39 Å².